The summed E-state index contributed by atoms with van der Waals surface area (Å²) in [5, 5.41) is 0. The number of rotatable bonds is 5. The molecule has 0 radical (unpaired) electrons. The van der Waals surface area contributed by atoms with Crippen LogP contribution in [0, 0.1) is 5.82 Å². The second-order valence-electron chi connectivity index (χ2n) is 6.80. The smallest absolute Gasteiger partial charge is 0.289 e. The van der Waals surface area contributed by atoms with Crippen molar-refractivity contribution in [3.63, 3.8) is 0 Å². The van der Waals surface area contributed by atoms with Crippen LogP contribution in [-0.2, 0) is 16.6 Å². The summed E-state index contributed by atoms with van der Waals surface area (Å²) in [6.45, 7) is 2.08. The standard InChI is InChI=1S/C22H21FN2O3S/c23-19-8-4-5-9-20(19)24-12-14-25(15-13-24)22(26)21-11-10-17(28-21)16-29(27)18-6-2-1-3-7-18/h1-11H,12-16H2/t29-/m1/s1. The van der Waals surface area contributed by atoms with Gasteiger partial charge in [0.05, 0.1) is 22.2 Å². The van der Waals surface area contributed by atoms with Gasteiger partial charge < -0.3 is 14.2 Å². The van der Waals surface area contributed by atoms with Gasteiger partial charge in [-0.15, -0.1) is 0 Å². The van der Waals surface area contributed by atoms with Crippen LogP contribution in [0.3, 0.4) is 0 Å². The van der Waals surface area contributed by atoms with Crippen LogP contribution in [0.1, 0.15) is 16.3 Å². The lowest BCUT2D eigenvalue weighted by molar-refractivity contribution is 0.0713. The lowest BCUT2D eigenvalue weighted by Crippen LogP contribution is -2.49. The van der Waals surface area contributed by atoms with E-state index >= 15 is 0 Å². The number of amides is 1. The van der Waals surface area contributed by atoms with Crippen LogP contribution in [0.2, 0.25) is 0 Å². The zero-order valence-corrected chi connectivity index (χ0v) is 16.6. The highest BCUT2D eigenvalue weighted by atomic mass is 32.2. The third kappa shape index (κ3) is 4.40. The topological polar surface area (TPSA) is 53.8 Å². The van der Waals surface area contributed by atoms with E-state index in [1.54, 1.807) is 47.4 Å². The van der Waals surface area contributed by atoms with Crippen molar-refractivity contribution in [1.82, 2.24) is 4.90 Å². The predicted molar refractivity (Wildman–Crippen MR) is 110 cm³/mol. The lowest BCUT2D eigenvalue weighted by atomic mass is 10.2. The van der Waals surface area contributed by atoms with Gasteiger partial charge in [0, 0.05) is 31.1 Å². The number of hydrogen-bond acceptors (Lipinski definition) is 4. The van der Waals surface area contributed by atoms with Crippen molar-refractivity contribution in [2.45, 2.75) is 10.6 Å². The summed E-state index contributed by atoms with van der Waals surface area (Å²) < 4.78 is 32.0. The number of halogens is 1. The molecule has 1 aliphatic rings. The largest absolute Gasteiger partial charge is 0.455 e. The van der Waals surface area contributed by atoms with Crippen molar-refractivity contribution in [2.75, 3.05) is 31.1 Å². The fourth-order valence-corrected chi connectivity index (χ4v) is 4.41. The SMILES string of the molecule is O=C(c1ccc(C[S@@](=O)c2ccccc2)o1)N1CCN(c2ccccc2F)CC1. The zero-order chi connectivity index (χ0) is 20.2. The van der Waals surface area contributed by atoms with E-state index in [1.165, 1.54) is 6.07 Å². The molecule has 0 N–H and O–H groups in total. The maximum Gasteiger partial charge on any atom is 0.289 e. The normalized spacial score (nSPS) is 15.3. The number of hydrogen-bond donors (Lipinski definition) is 0. The highest BCUT2D eigenvalue weighted by Crippen LogP contribution is 2.21. The van der Waals surface area contributed by atoms with Gasteiger partial charge >= 0.3 is 0 Å². The van der Waals surface area contributed by atoms with E-state index in [4.69, 9.17) is 4.42 Å². The number of benzene rings is 2. The summed E-state index contributed by atoms with van der Waals surface area (Å²) in [7, 11) is -1.23. The number of carbonyl (C=O) groups excluding carboxylic acids is 1. The van der Waals surface area contributed by atoms with Gasteiger partial charge in [0.1, 0.15) is 11.6 Å². The molecule has 29 heavy (non-hydrogen) atoms. The first-order valence-electron chi connectivity index (χ1n) is 9.43. The number of para-hydroxylation sites is 1. The Morgan fingerprint density at radius 1 is 0.931 bits per heavy atom. The van der Waals surface area contributed by atoms with Crippen LogP contribution in [0.25, 0.3) is 0 Å². The molecule has 0 aliphatic carbocycles. The van der Waals surface area contributed by atoms with Crippen LogP contribution >= 0.6 is 0 Å². The molecule has 2 aromatic carbocycles. The molecule has 0 saturated carbocycles. The van der Waals surface area contributed by atoms with E-state index in [9.17, 15) is 13.4 Å². The van der Waals surface area contributed by atoms with Crippen molar-refractivity contribution in [3.05, 3.63) is 84.1 Å². The fraction of sp³-hybridized carbons (Fsp3) is 0.227. The van der Waals surface area contributed by atoms with Crippen LogP contribution in [0.5, 0.6) is 0 Å². The van der Waals surface area contributed by atoms with E-state index in [-0.39, 0.29) is 23.2 Å². The molecule has 0 spiro atoms. The number of carbonyl (C=O) groups is 1. The maximum absolute atomic E-state index is 14.0. The summed E-state index contributed by atoms with van der Waals surface area (Å²) in [5.41, 5.74) is 0.559. The van der Waals surface area contributed by atoms with Crippen LogP contribution in [0.4, 0.5) is 10.1 Å². The predicted octanol–water partition coefficient (Wildman–Crippen LogP) is 3.69. The third-order valence-corrected chi connectivity index (χ3v) is 6.26. The molecular weight excluding hydrogens is 391 g/mol. The Morgan fingerprint density at radius 3 is 2.34 bits per heavy atom. The molecule has 2 heterocycles. The van der Waals surface area contributed by atoms with Gasteiger partial charge in [0.2, 0.25) is 0 Å². The maximum atomic E-state index is 14.0. The van der Waals surface area contributed by atoms with Gasteiger partial charge in [0.15, 0.2) is 5.76 Å². The van der Waals surface area contributed by atoms with Crippen molar-refractivity contribution in [1.29, 1.82) is 0 Å². The first-order valence-corrected chi connectivity index (χ1v) is 10.7. The highest BCUT2D eigenvalue weighted by Gasteiger charge is 2.25. The molecule has 1 fully saturated rings. The molecule has 4 rings (SSSR count). The van der Waals surface area contributed by atoms with E-state index < -0.39 is 10.8 Å². The van der Waals surface area contributed by atoms with Crippen molar-refractivity contribution in [3.8, 4) is 0 Å². The summed E-state index contributed by atoms with van der Waals surface area (Å²) in [5.74, 6) is 0.521. The molecule has 1 amide bonds. The number of furan rings is 1. The quantitative estimate of drug-likeness (QED) is 0.641. The van der Waals surface area contributed by atoms with Gasteiger partial charge in [0.25, 0.3) is 5.91 Å². The molecule has 0 bridgehead atoms. The average Bonchev–Trinajstić information content (AvgIpc) is 3.23. The molecule has 1 atom stereocenters. The Morgan fingerprint density at radius 2 is 1.62 bits per heavy atom. The van der Waals surface area contributed by atoms with Crippen LogP contribution in [-0.4, -0.2) is 41.2 Å². The second kappa shape index (κ2) is 8.61. The van der Waals surface area contributed by atoms with Gasteiger partial charge in [-0.25, -0.2) is 4.39 Å². The summed E-state index contributed by atoms with van der Waals surface area (Å²) in [6.07, 6.45) is 0. The van der Waals surface area contributed by atoms with Crippen molar-refractivity contribution < 1.29 is 17.8 Å². The number of nitrogens with zero attached hydrogens (tertiary/aromatic N) is 2. The first-order chi connectivity index (χ1) is 14.1. The van der Waals surface area contributed by atoms with Gasteiger partial charge in [-0.2, -0.15) is 0 Å². The molecular formula is C22H21FN2O3S. The van der Waals surface area contributed by atoms with E-state index in [1.807, 2.05) is 23.1 Å². The van der Waals surface area contributed by atoms with Crippen molar-refractivity contribution in [2.24, 2.45) is 0 Å². The Bertz CT molecular complexity index is 1010. The van der Waals surface area contributed by atoms with Crippen molar-refractivity contribution >= 4 is 22.4 Å². The molecule has 1 saturated heterocycles. The highest BCUT2D eigenvalue weighted by molar-refractivity contribution is 7.84. The van der Waals surface area contributed by atoms with Gasteiger partial charge in [-0.1, -0.05) is 30.3 Å². The van der Waals surface area contributed by atoms with Crippen LogP contribution < -0.4 is 4.90 Å². The number of piperazine rings is 1. The Balaban J connectivity index is 1.36. The Kier molecular flexibility index (Phi) is 5.76. The lowest BCUT2D eigenvalue weighted by Gasteiger charge is -2.35. The second-order valence-corrected chi connectivity index (χ2v) is 8.25. The van der Waals surface area contributed by atoms with Crippen LogP contribution in [0.15, 0.2) is 76.0 Å². The molecule has 0 unspecified atom stereocenters. The molecule has 1 aromatic heterocycles. The van der Waals surface area contributed by atoms with E-state index in [0.717, 1.165) is 4.90 Å². The summed E-state index contributed by atoms with van der Waals surface area (Å²) >= 11 is 0. The van der Waals surface area contributed by atoms with E-state index in [0.29, 0.717) is 37.6 Å². The third-order valence-electron chi connectivity index (χ3n) is 4.91. The minimum atomic E-state index is -1.23. The Labute approximate surface area is 171 Å². The molecule has 150 valence electrons. The minimum absolute atomic E-state index is 0.199. The average molecular weight is 412 g/mol. The monoisotopic (exact) mass is 412 g/mol. The van der Waals surface area contributed by atoms with Gasteiger partial charge in [-0.05, 0) is 36.4 Å². The van der Waals surface area contributed by atoms with E-state index in [2.05, 4.69) is 0 Å². The Hall–Kier alpha value is -2.93. The zero-order valence-electron chi connectivity index (χ0n) is 15.8. The molecule has 7 heteroatoms. The number of anilines is 1. The summed E-state index contributed by atoms with van der Waals surface area (Å²) in [6, 6.07) is 19.1. The molecule has 3 aromatic rings. The fourth-order valence-electron chi connectivity index (χ4n) is 3.37. The minimum Gasteiger partial charge on any atom is -0.455 e. The molecule has 1 aliphatic heterocycles. The van der Waals surface area contributed by atoms with Gasteiger partial charge in [-0.3, -0.25) is 9.00 Å². The first kappa shape index (κ1) is 19.4. The molecule has 5 nitrogen and oxygen atoms in total. The summed E-state index contributed by atoms with van der Waals surface area (Å²) in [4.78, 5) is 17.1.